The number of hydrogen-bond acceptors (Lipinski definition) is 3. The first-order valence-corrected chi connectivity index (χ1v) is 6.12. The van der Waals surface area contributed by atoms with Gasteiger partial charge in [-0.1, -0.05) is 19.3 Å². The van der Waals surface area contributed by atoms with Gasteiger partial charge >= 0.3 is 0 Å². The molecule has 0 aromatic carbocycles. The van der Waals surface area contributed by atoms with E-state index in [0.29, 0.717) is 17.3 Å². The van der Waals surface area contributed by atoms with Crippen molar-refractivity contribution < 1.29 is 0 Å². The highest BCUT2D eigenvalue weighted by molar-refractivity contribution is 5.41. The van der Waals surface area contributed by atoms with E-state index in [1.807, 2.05) is 10.6 Å². The molecule has 0 N–H and O–H groups in total. The first kappa shape index (κ1) is 10.3. The SMILES string of the molecule is N#Cc1cnc2nccn2c1C1CCCCC1. The Morgan fingerprint density at radius 3 is 2.82 bits per heavy atom. The molecule has 1 aliphatic carbocycles. The van der Waals surface area contributed by atoms with Gasteiger partial charge < -0.3 is 0 Å². The topological polar surface area (TPSA) is 54.0 Å². The molecule has 4 nitrogen and oxygen atoms in total. The largest absolute Gasteiger partial charge is 0.287 e. The van der Waals surface area contributed by atoms with Gasteiger partial charge in [0.1, 0.15) is 6.07 Å². The van der Waals surface area contributed by atoms with Crippen molar-refractivity contribution in [3.63, 3.8) is 0 Å². The van der Waals surface area contributed by atoms with Gasteiger partial charge in [-0.2, -0.15) is 5.26 Å². The Morgan fingerprint density at radius 2 is 2.06 bits per heavy atom. The van der Waals surface area contributed by atoms with Crippen LogP contribution < -0.4 is 0 Å². The number of nitriles is 1. The number of fused-ring (bicyclic) bond motifs is 1. The fourth-order valence-corrected chi connectivity index (χ4v) is 2.78. The lowest BCUT2D eigenvalue weighted by Gasteiger charge is -2.23. The lowest BCUT2D eigenvalue weighted by atomic mass is 9.85. The quantitative estimate of drug-likeness (QED) is 0.751. The average molecular weight is 226 g/mol. The standard InChI is InChI=1S/C13H14N4/c14-8-11-9-16-13-15-6-7-17(13)12(11)10-4-2-1-3-5-10/h6-7,9-10H,1-5H2. The minimum Gasteiger partial charge on any atom is -0.287 e. The Labute approximate surface area is 99.9 Å². The number of imidazole rings is 1. The van der Waals surface area contributed by atoms with E-state index < -0.39 is 0 Å². The molecule has 0 radical (unpaired) electrons. The van der Waals surface area contributed by atoms with Crippen LogP contribution in [0.2, 0.25) is 0 Å². The number of hydrogen-bond donors (Lipinski definition) is 0. The first-order chi connectivity index (χ1) is 8.40. The molecule has 0 aliphatic heterocycles. The van der Waals surface area contributed by atoms with E-state index in [-0.39, 0.29) is 0 Å². The van der Waals surface area contributed by atoms with Gasteiger partial charge in [-0.3, -0.25) is 4.40 Å². The van der Waals surface area contributed by atoms with Gasteiger partial charge in [0.05, 0.1) is 11.8 Å². The van der Waals surface area contributed by atoms with Crippen molar-refractivity contribution in [3.8, 4) is 6.07 Å². The predicted molar refractivity (Wildman–Crippen MR) is 63.5 cm³/mol. The van der Waals surface area contributed by atoms with Crippen molar-refractivity contribution in [1.29, 1.82) is 5.26 Å². The second-order valence-electron chi connectivity index (χ2n) is 4.60. The molecule has 1 saturated carbocycles. The second kappa shape index (κ2) is 4.17. The molecule has 1 fully saturated rings. The summed E-state index contributed by atoms with van der Waals surface area (Å²) in [6.45, 7) is 0. The fourth-order valence-electron chi connectivity index (χ4n) is 2.78. The highest BCUT2D eigenvalue weighted by Crippen LogP contribution is 2.34. The van der Waals surface area contributed by atoms with Crippen LogP contribution in [0.15, 0.2) is 18.6 Å². The van der Waals surface area contributed by atoms with E-state index in [1.165, 1.54) is 32.1 Å². The lowest BCUT2D eigenvalue weighted by Crippen LogP contribution is -2.12. The van der Waals surface area contributed by atoms with E-state index in [9.17, 15) is 5.26 Å². The normalized spacial score (nSPS) is 17.1. The molecule has 86 valence electrons. The maximum absolute atomic E-state index is 9.22. The summed E-state index contributed by atoms with van der Waals surface area (Å²) in [6.07, 6.45) is 11.5. The van der Waals surface area contributed by atoms with Crippen molar-refractivity contribution in [2.45, 2.75) is 38.0 Å². The number of nitrogens with zero attached hydrogens (tertiary/aromatic N) is 4. The average Bonchev–Trinajstić information content (AvgIpc) is 2.86. The van der Waals surface area contributed by atoms with Crippen molar-refractivity contribution in [2.24, 2.45) is 0 Å². The third-order valence-corrected chi connectivity index (χ3v) is 3.58. The summed E-state index contributed by atoms with van der Waals surface area (Å²) in [5, 5.41) is 9.22. The summed E-state index contributed by atoms with van der Waals surface area (Å²) < 4.78 is 1.98. The lowest BCUT2D eigenvalue weighted by molar-refractivity contribution is 0.433. The molecule has 2 heterocycles. The van der Waals surface area contributed by atoms with Gasteiger partial charge in [-0.15, -0.1) is 0 Å². The molecule has 0 atom stereocenters. The number of aromatic nitrogens is 3. The van der Waals surface area contributed by atoms with Crippen LogP contribution in [0.5, 0.6) is 0 Å². The van der Waals surface area contributed by atoms with Crippen molar-refractivity contribution in [2.75, 3.05) is 0 Å². The monoisotopic (exact) mass is 226 g/mol. The van der Waals surface area contributed by atoms with Crippen LogP contribution in [-0.2, 0) is 0 Å². The van der Waals surface area contributed by atoms with Crippen LogP contribution in [0.1, 0.15) is 49.3 Å². The molecular formula is C13H14N4. The van der Waals surface area contributed by atoms with Crippen molar-refractivity contribution in [3.05, 3.63) is 29.8 Å². The Bertz CT molecular complexity index is 573. The number of rotatable bonds is 1. The smallest absolute Gasteiger partial charge is 0.233 e. The Morgan fingerprint density at radius 1 is 1.24 bits per heavy atom. The zero-order chi connectivity index (χ0) is 11.7. The highest BCUT2D eigenvalue weighted by Gasteiger charge is 2.21. The molecule has 0 saturated heterocycles. The van der Waals surface area contributed by atoms with E-state index >= 15 is 0 Å². The molecule has 0 unspecified atom stereocenters. The summed E-state index contributed by atoms with van der Waals surface area (Å²) in [5.74, 6) is 1.18. The Hall–Kier alpha value is -1.89. The minimum absolute atomic E-state index is 0.484. The summed E-state index contributed by atoms with van der Waals surface area (Å²) >= 11 is 0. The van der Waals surface area contributed by atoms with Gasteiger partial charge in [-0.05, 0) is 12.8 Å². The van der Waals surface area contributed by atoms with Gasteiger partial charge in [0.25, 0.3) is 0 Å². The van der Waals surface area contributed by atoms with Crippen LogP contribution in [-0.4, -0.2) is 14.4 Å². The minimum atomic E-state index is 0.484. The molecular weight excluding hydrogens is 212 g/mol. The Kier molecular flexibility index (Phi) is 2.52. The van der Waals surface area contributed by atoms with Crippen LogP contribution in [0.4, 0.5) is 0 Å². The molecule has 0 amide bonds. The first-order valence-electron chi connectivity index (χ1n) is 6.12. The van der Waals surface area contributed by atoms with Crippen LogP contribution in [0.25, 0.3) is 5.78 Å². The molecule has 17 heavy (non-hydrogen) atoms. The fraction of sp³-hybridized carbons (Fsp3) is 0.462. The maximum Gasteiger partial charge on any atom is 0.233 e. The van der Waals surface area contributed by atoms with Crippen LogP contribution in [0, 0.1) is 11.3 Å². The van der Waals surface area contributed by atoms with E-state index in [4.69, 9.17) is 0 Å². The third-order valence-electron chi connectivity index (χ3n) is 3.58. The van der Waals surface area contributed by atoms with Gasteiger partial charge in [0, 0.05) is 24.0 Å². The molecule has 2 aromatic heterocycles. The zero-order valence-corrected chi connectivity index (χ0v) is 9.63. The third kappa shape index (κ3) is 1.68. The predicted octanol–water partition coefficient (Wildman–Crippen LogP) is 2.65. The summed E-state index contributed by atoms with van der Waals surface area (Å²) in [5.41, 5.74) is 1.80. The van der Waals surface area contributed by atoms with Crippen molar-refractivity contribution in [1.82, 2.24) is 14.4 Å². The molecule has 3 rings (SSSR count). The Balaban J connectivity index is 2.17. The van der Waals surface area contributed by atoms with Crippen LogP contribution >= 0.6 is 0 Å². The van der Waals surface area contributed by atoms with Gasteiger partial charge in [0.15, 0.2) is 0 Å². The summed E-state index contributed by atoms with van der Waals surface area (Å²) in [7, 11) is 0. The highest BCUT2D eigenvalue weighted by atomic mass is 15.1. The molecule has 1 aliphatic rings. The molecule has 4 heteroatoms. The van der Waals surface area contributed by atoms with Gasteiger partial charge in [0.2, 0.25) is 5.78 Å². The molecule has 2 aromatic rings. The van der Waals surface area contributed by atoms with Gasteiger partial charge in [-0.25, -0.2) is 9.97 Å². The molecule has 0 spiro atoms. The van der Waals surface area contributed by atoms with Crippen molar-refractivity contribution >= 4 is 5.78 Å². The van der Waals surface area contributed by atoms with E-state index in [2.05, 4.69) is 16.0 Å². The summed E-state index contributed by atoms with van der Waals surface area (Å²) in [4.78, 5) is 8.39. The van der Waals surface area contributed by atoms with E-state index in [0.717, 1.165) is 5.69 Å². The maximum atomic E-state index is 9.22. The zero-order valence-electron chi connectivity index (χ0n) is 9.63. The second-order valence-corrected chi connectivity index (χ2v) is 4.60. The van der Waals surface area contributed by atoms with Crippen LogP contribution in [0.3, 0.4) is 0 Å². The van der Waals surface area contributed by atoms with E-state index in [1.54, 1.807) is 12.4 Å². The summed E-state index contributed by atoms with van der Waals surface area (Å²) in [6, 6.07) is 2.26. The molecule has 0 bridgehead atoms.